The predicted molar refractivity (Wildman–Crippen MR) is 247 cm³/mol. The zero-order valence-electron chi connectivity index (χ0n) is 32.5. The lowest BCUT2D eigenvalue weighted by molar-refractivity contribution is 1.18. The smallest absolute Gasteiger partial charge is 0.0542 e. The molecule has 0 bridgehead atoms. The van der Waals surface area contributed by atoms with Crippen molar-refractivity contribution < 1.29 is 0 Å². The van der Waals surface area contributed by atoms with Gasteiger partial charge in [0.1, 0.15) is 0 Å². The van der Waals surface area contributed by atoms with Gasteiger partial charge in [0.25, 0.3) is 0 Å². The van der Waals surface area contributed by atoms with Crippen LogP contribution >= 0.6 is 0 Å². The Kier molecular flexibility index (Phi) is 7.67. The van der Waals surface area contributed by atoms with Crippen LogP contribution in [-0.4, -0.2) is 4.57 Å². The minimum Gasteiger partial charge on any atom is -0.310 e. The van der Waals surface area contributed by atoms with Crippen LogP contribution < -0.4 is 9.80 Å². The van der Waals surface area contributed by atoms with Crippen molar-refractivity contribution in [3.63, 3.8) is 0 Å². The maximum absolute atomic E-state index is 2.47. The van der Waals surface area contributed by atoms with Gasteiger partial charge in [-0.05, 0) is 154 Å². The van der Waals surface area contributed by atoms with E-state index in [1.807, 2.05) is 0 Å². The molecule has 0 fully saturated rings. The summed E-state index contributed by atoms with van der Waals surface area (Å²) in [6.45, 7) is 0. The van der Waals surface area contributed by atoms with Gasteiger partial charge in [-0.15, -0.1) is 0 Å². The monoisotopic (exact) mass is 753 g/mol. The molecule has 0 atom stereocenters. The third-order valence-electron chi connectivity index (χ3n) is 12.4. The summed E-state index contributed by atoms with van der Waals surface area (Å²) in [7, 11) is 0. The zero-order chi connectivity index (χ0) is 38.9. The predicted octanol–water partition coefficient (Wildman–Crippen LogP) is 14.9. The zero-order valence-corrected chi connectivity index (χ0v) is 32.5. The number of anilines is 6. The Morgan fingerprint density at radius 1 is 0.288 bits per heavy atom. The fraction of sp³-hybridized carbons (Fsp3) is 0.0357. The van der Waals surface area contributed by atoms with E-state index < -0.39 is 0 Å². The summed E-state index contributed by atoms with van der Waals surface area (Å²) in [5, 5.41) is 2.49. The molecule has 0 radical (unpaired) electrons. The molecule has 10 aromatic rings. The average Bonchev–Trinajstić information content (AvgIpc) is 3.96. The van der Waals surface area contributed by atoms with Gasteiger partial charge in [0.2, 0.25) is 0 Å². The highest BCUT2D eigenvalue weighted by Crippen LogP contribution is 2.47. The van der Waals surface area contributed by atoms with Crippen LogP contribution in [0.3, 0.4) is 0 Å². The summed E-state index contributed by atoms with van der Waals surface area (Å²) in [6, 6.07) is 77.9. The van der Waals surface area contributed by atoms with Gasteiger partial charge in [-0.25, -0.2) is 0 Å². The Balaban J connectivity index is 0.997. The Morgan fingerprint density at radius 3 is 1.47 bits per heavy atom. The molecule has 0 saturated carbocycles. The summed E-state index contributed by atoms with van der Waals surface area (Å²) in [4.78, 5) is 4.82. The third-order valence-corrected chi connectivity index (χ3v) is 12.4. The van der Waals surface area contributed by atoms with E-state index in [-0.39, 0.29) is 0 Å². The number of nitrogens with zero attached hydrogens (tertiary/aromatic N) is 3. The maximum Gasteiger partial charge on any atom is 0.0542 e. The molecule has 2 aliphatic carbocycles. The number of hydrogen-bond acceptors (Lipinski definition) is 2. The molecule has 0 N–H and O–H groups in total. The standard InChI is InChI=1S/C56H39N3/c1-4-15-42(16-5-1)57(43-17-6-2-7-18-43)47-25-24-39-33-41-35-46(27-30-51(41)53(39)36-47)58(45-26-29-50-40(34-45)32-38-14-10-11-21-49(38)50)48-28-31-56-54(37-48)52-22-12-13-23-55(52)59(56)44-19-8-3-9-20-44/h1-31,34-37H,32-33H2. The quantitative estimate of drug-likeness (QED) is 0.161. The number of hydrogen-bond donors (Lipinski definition) is 0. The largest absolute Gasteiger partial charge is 0.310 e. The summed E-state index contributed by atoms with van der Waals surface area (Å²) < 4.78 is 2.39. The van der Waals surface area contributed by atoms with Gasteiger partial charge in [0.15, 0.2) is 0 Å². The van der Waals surface area contributed by atoms with Gasteiger partial charge < -0.3 is 14.4 Å². The van der Waals surface area contributed by atoms with E-state index in [0.717, 1.165) is 41.3 Å². The van der Waals surface area contributed by atoms with Crippen molar-refractivity contribution in [3.05, 3.63) is 235 Å². The van der Waals surface area contributed by atoms with Crippen LogP contribution in [-0.2, 0) is 12.8 Å². The van der Waals surface area contributed by atoms with E-state index in [9.17, 15) is 0 Å². The van der Waals surface area contributed by atoms with Crippen LogP contribution in [0.4, 0.5) is 34.1 Å². The molecule has 2 aliphatic rings. The SMILES string of the molecule is c1ccc(N(c2ccccc2)c2ccc3c(c2)-c2ccc(N(c4ccc5c(c4)Cc4ccccc4-5)c4ccc5c(c4)c4ccccc4n5-c4ccccc4)cc2C3)cc1. The van der Waals surface area contributed by atoms with Gasteiger partial charge in [-0.2, -0.15) is 0 Å². The Bertz CT molecular complexity index is 3180. The Hall–Kier alpha value is -7.62. The summed E-state index contributed by atoms with van der Waals surface area (Å²) in [6.07, 6.45) is 1.84. The Labute approximate surface area is 344 Å². The molecule has 0 aliphatic heterocycles. The van der Waals surface area contributed by atoms with Gasteiger partial charge >= 0.3 is 0 Å². The summed E-state index contributed by atoms with van der Waals surface area (Å²) >= 11 is 0. The second kappa shape index (κ2) is 13.5. The van der Waals surface area contributed by atoms with E-state index in [4.69, 9.17) is 0 Å². The normalized spacial score (nSPS) is 12.3. The van der Waals surface area contributed by atoms with Crippen molar-refractivity contribution in [1.29, 1.82) is 0 Å². The first-order valence-corrected chi connectivity index (χ1v) is 20.5. The Morgan fingerprint density at radius 2 is 0.763 bits per heavy atom. The molecule has 0 saturated heterocycles. The molecular formula is C56H39N3. The minimum absolute atomic E-state index is 0.895. The van der Waals surface area contributed by atoms with Crippen LogP contribution in [0.15, 0.2) is 212 Å². The lowest BCUT2D eigenvalue weighted by Crippen LogP contribution is -2.11. The van der Waals surface area contributed by atoms with Crippen molar-refractivity contribution in [2.45, 2.75) is 12.8 Å². The molecular weight excluding hydrogens is 715 g/mol. The molecule has 278 valence electrons. The molecule has 1 heterocycles. The fourth-order valence-corrected chi connectivity index (χ4v) is 9.72. The number of fused-ring (bicyclic) bond motifs is 9. The molecule has 59 heavy (non-hydrogen) atoms. The molecule has 0 unspecified atom stereocenters. The van der Waals surface area contributed by atoms with Crippen molar-refractivity contribution >= 4 is 55.9 Å². The molecule has 1 aromatic heterocycles. The number of rotatable bonds is 7. The highest BCUT2D eigenvalue weighted by atomic mass is 15.1. The van der Waals surface area contributed by atoms with Crippen molar-refractivity contribution in [2.24, 2.45) is 0 Å². The molecule has 0 amide bonds. The second-order valence-electron chi connectivity index (χ2n) is 15.8. The van der Waals surface area contributed by atoms with E-state index >= 15 is 0 Å². The van der Waals surface area contributed by atoms with Crippen LogP contribution in [0.1, 0.15) is 22.3 Å². The molecule has 0 spiro atoms. The molecule has 9 aromatic carbocycles. The third kappa shape index (κ3) is 5.50. The molecule has 3 nitrogen and oxygen atoms in total. The van der Waals surface area contributed by atoms with Crippen molar-refractivity contribution in [1.82, 2.24) is 4.57 Å². The molecule has 12 rings (SSSR count). The van der Waals surface area contributed by atoms with Crippen LogP contribution in [0.5, 0.6) is 0 Å². The van der Waals surface area contributed by atoms with Gasteiger partial charge in [0, 0.05) is 50.6 Å². The number of benzene rings is 9. The number of aromatic nitrogens is 1. The first kappa shape index (κ1) is 33.5. The van der Waals surface area contributed by atoms with E-state index in [1.54, 1.807) is 0 Å². The maximum atomic E-state index is 2.47. The summed E-state index contributed by atoms with van der Waals surface area (Å²) in [5.74, 6) is 0. The minimum atomic E-state index is 0.895. The van der Waals surface area contributed by atoms with E-state index in [2.05, 4.69) is 227 Å². The van der Waals surface area contributed by atoms with Crippen LogP contribution in [0.2, 0.25) is 0 Å². The topological polar surface area (TPSA) is 11.4 Å². The van der Waals surface area contributed by atoms with Gasteiger partial charge in [-0.3, -0.25) is 0 Å². The lowest BCUT2D eigenvalue weighted by atomic mass is 10.0. The average molecular weight is 754 g/mol. The molecule has 3 heteroatoms. The lowest BCUT2D eigenvalue weighted by Gasteiger charge is -2.27. The van der Waals surface area contributed by atoms with E-state index in [0.29, 0.717) is 0 Å². The van der Waals surface area contributed by atoms with E-state index in [1.165, 1.54) is 77.7 Å². The number of para-hydroxylation sites is 4. The van der Waals surface area contributed by atoms with Gasteiger partial charge in [0.05, 0.1) is 11.0 Å². The van der Waals surface area contributed by atoms with Crippen LogP contribution in [0, 0.1) is 0 Å². The van der Waals surface area contributed by atoms with Crippen LogP contribution in [0.25, 0.3) is 49.7 Å². The first-order chi connectivity index (χ1) is 29.2. The fourth-order valence-electron chi connectivity index (χ4n) is 9.72. The first-order valence-electron chi connectivity index (χ1n) is 20.5. The summed E-state index contributed by atoms with van der Waals surface area (Å²) in [5.41, 5.74) is 21.3. The van der Waals surface area contributed by atoms with Gasteiger partial charge in [-0.1, -0.05) is 115 Å². The highest BCUT2D eigenvalue weighted by molar-refractivity contribution is 6.10. The highest BCUT2D eigenvalue weighted by Gasteiger charge is 2.26. The van der Waals surface area contributed by atoms with Crippen molar-refractivity contribution in [2.75, 3.05) is 9.80 Å². The van der Waals surface area contributed by atoms with Crippen molar-refractivity contribution in [3.8, 4) is 27.9 Å². The second-order valence-corrected chi connectivity index (χ2v) is 15.8.